The predicted molar refractivity (Wildman–Crippen MR) is 84.0 cm³/mol. The van der Waals surface area contributed by atoms with Crippen LogP contribution in [0.5, 0.6) is 0 Å². The number of nitrogens with zero attached hydrogens (tertiary/aromatic N) is 3. The first-order valence-electron chi connectivity index (χ1n) is 6.88. The van der Waals surface area contributed by atoms with Gasteiger partial charge in [0.15, 0.2) is 0 Å². The highest BCUT2D eigenvalue weighted by Crippen LogP contribution is 2.23. The van der Waals surface area contributed by atoms with E-state index in [1.165, 1.54) is 0 Å². The predicted octanol–water partition coefficient (Wildman–Crippen LogP) is 2.76. The SMILES string of the molecule is CN(Cc1ccccn1)c1nc2ccccc2cc1CO. The summed E-state index contributed by atoms with van der Waals surface area (Å²) in [7, 11) is 1.96. The van der Waals surface area contributed by atoms with Crippen molar-refractivity contribution in [2.24, 2.45) is 0 Å². The number of anilines is 1. The zero-order chi connectivity index (χ0) is 14.7. The summed E-state index contributed by atoms with van der Waals surface area (Å²) in [4.78, 5) is 11.0. The lowest BCUT2D eigenvalue weighted by Crippen LogP contribution is -2.20. The minimum absolute atomic E-state index is 0.0280. The molecule has 2 aromatic heterocycles. The highest BCUT2D eigenvalue weighted by atomic mass is 16.3. The molecular formula is C17H17N3O. The fourth-order valence-corrected chi connectivity index (χ4v) is 2.41. The van der Waals surface area contributed by atoms with Crippen LogP contribution in [0.1, 0.15) is 11.3 Å². The van der Waals surface area contributed by atoms with Crippen molar-refractivity contribution in [2.75, 3.05) is 11.9 Å². The van der Waals surface area contributed by atoms with Gasteiger partial charge in [-0.15, -0.1) is 0 Å². The maximum Gasteiger partial charge on any atom is 0.134 e. The molecule has 0 amide bonds. The maximum atomic E-state index is 9.61. The highest BCUT2D eigenvalue weighted by molar-refractivity contribution is 5.81. The first kappa shape index (κ1) is 13.5. The number of hydrogen-bond acceptors (Lipinski definition) is 4. The molecule has 4 nitrogen and oxygen atoms in total. The summed E-state index contributed by atoms with van der Waals surface area (Å²) >= 11 is 0. The van der Waals surface area contributed by atoms with Gasteiger partial charge in [-0.25, -0.2) is 4.98 Å². The Balaban J connectivity index is 1.98. The highest BCUT2D eigenvalue weighted by Gasteiger charge is 2.11. The number of para-hydroxylation sites is 1. The third-order valence-electron chi connectivity index (χ3n) is 3.44. The molecule has 0 aliphatic heterocycles. The van der Waals surface area contributed by atoms with Crippen molar-refractivity contribution in [1.82, 2.24) is 9.97 Å². The van der Waals surface area contributed by atoms with E-state index in [9.17, 15) is 5.11 Å². The zero-order valence-electron chi connectivity index (χ0n) is 11.9. The topological polar surface area (TPSA) is 49.2 Å². The fourth-order valence-electron chi connectivity index (χ4n) is 2.41. The molecule has 3 rings (SSSR count). The average molecular weight is 279 g/mol. The second-order valence-electron chi connectivity index (χ2n) is 5.00. The van der Waals surface area contributed by atoms with E-state index in [4.69, 9.17) is 0 Å². The second kappa shape index (κ2) is 5.89. The van der Waals surface area contributed by atoms with Crippen LogP contribution in [-0.4, -0.2) is 22.1 Å². The Morgan fingerprint density at radius 1 is 1.10 bits per heavy atom. The Labute approximate surface area is 123 Å². The molecule has 0 aliphatic carbocycles. The molecule has 3 aromatic rings. The molecule has 4 heteroatoms. The number of hydrogen-bond donors (Lipinski definition) is 1. The van der Waals surface area contributed by atoms with Gasteiger partial charge in [0.2, 0.25) is 0 Å². The molecule has 0 bridgehead atoms. The monoisotopic (exact) mass is 279 g/mol. The lowest BCUT2D eigenvalue weighted by molar-refractivity contribution is 0.282. The van der Waals surface area contributed by atoms with Crippen LogP contribution in [0.15, 0.2) is 54.7 Å². The molecule has 0 spiro atoms. The number of benzene rings is 1. The van der Waals surface area contributed by atoms with Crippen LogP contribution in [-0.2, 0) is 13.2 Å². The van der Waals surface area contributed by atoms with Crippen LogP contribution >= 0.6 is 0 Å². The number of pyridine rings is 2. The molecule has 0 radical (unpaired) electrons. The Hall–Kier alpha value is -2.46. The summed E-state index contributed by atoms with van der Waals surface area (Å²) in [5, 5.41) is 10.6. The Kier molecular flexibility index (Phi) is 3.79. The zero-order valence-corrected chi connectivity index (χ0v) is 11.9. The van der Waals surface area contributed by atoms with Gasteiger partial charge in [0.25, 0.3) is 0 Å². The third-order valence-corrected chi connectivity index (χ3v) is 3.44. The van der Waals surface area contributed by atoms with Crippen LogP contribution in [0, 0.1) is 0 Å². The number of fused-ring (bicyclic) bond motifs is 1. The maximum absolute atomic E-state index is 9.61. The van der Waals surface area contributed by atoms with E-state index in [1.807, 2.05) is 60.5 Å². The van der Waals surface area contributed by atoms with Crippen LogP contribution in [0.2, 0.25) is 0 Å². The van der Waals surface area contributed by atoms with Crippen LogP contribution in [0.3, 0.4) is 0 Å². The van der Waals surface area contributed by atoms with Crippen LogP contribution in [0.25, 0.3) is 10.9 Å². The second-order valence-corrected chi connectivity index (χ2v) is 5.00. The Bertz CT molecular complexity index is 743. The summed E-state index contributed by atoms with van der Waals surface area (Å²) in [5.41, 5.74) is 2.73. The smallest absolute Gasteiger partial charge is 0.134 e. The van der Waals surface area contributed by atoms with Gasteiger partial charge < -0.3 is 10.0 Å². The van der Waals surface area contributed by atoms with Gasteiger partial charge in [0.1, 0.15) is 5.82 Å². The first-order valence-corrected chi connectivity index (χ1v) is 6.88. The molecule has 1 N–H and O–H groups in total. The number of aromatic nitrogens is 2. The lowest BCUT2D eigenvalue weighted by atomic mass is 10.1. The molecule has 0 fully saturated rings. The normalized spacial score (nSPS) is 10.8. The Morgan fingerprint density at radius 3 is 2.67 bits per heavy atom. The van der Waals surface area contributed by atoms with Crippen molar-refractivity contribution in [1.29, 1.82) is 0 Å². The fraction of sp³-hybridized carbons (Fsp3) is 0.176. The van der Waals surface area contributed by atoms with Gasteiger partial charge in [-0.1, -0.05) is 24.3 Å². The minimum Gasteiger partial charge on any atom is -0.392 e. The summed E-state index contributed by atoms with van der Waals surface area (Å²) in [6.45, 7) is 0.624. The van der Waals surface area contributed by atoms with Crippen molar-refractivity contribution in [3.8, 4) is 0 Å². The number of aliphatic hydroxyl groups excluding tert-OH is 1. The van der Waals surface area contributed by atoms with Gasteiger partial charge in [0, 0.05) is 24.2 Å². The summed E-state index contributed by atoms with van der Waals surface area (Å²) in [6, 6.07) is 15.8. The van der Waals surface area contributed by atoms with E-state index >= 15 is 0 Å². The summed E-state index contributed by atoms with van der Waals surface area (Å²) in [6.07, 6.45) is 1.78. The van der Waals surface area contributed by atoms with E-state index in [0.717, 1.165) is 28.0 Å². The van der Waals surface area contributed by atoms with Gasteiger partial charge in [-0.3, -0.25) is 4.98 Å². The van der Waals surface area contributed by atoms with E-state index in [-0.39, 0.29) is 6.61 Å². The number of rotatable bonds is 4. The third kappa shape index (κ3) is 2.85. The Morgan fingerprint density at radius 2 is 1.90 bits per heavy atom. The van der Waals surface area contributed by atoms with E-state index in [1.54, 1.807) is 6.20 Å². The summed E-state index contributed by atoms with van der Waals surface area (Å²) in [5.74, 6) is 0.793. The standard InChI is InChI=1S/C17H17N3O/c1-20(11-15-7-4-5-9-18-15)17-14(12-21)10-13-6-2-3-8-16(13)19-17/h2-10,21H,11-12H2,1H3. The molecule has 106 valence electrons. The molecule has 2 heterocycles. The molecule has 0 saturated heterocycles. The van der Waals surface area contributed by atoms with Gasteiger partial charge in [-0.2, -0.15) is 0 Å². The van der Waals surface area contributed by atoms with Crippen molar-refractivity contribution < 1.29 is 5.11 Å². The van der Waals surface area contributed by atoms with E-state index in [0.29, 0.717) is 6.54 Å². The van der Waals surface area contributed by atoms with E-state index < -0.39 is 0 Å². The minimum atomic E-state index is -0.0280. The quantitative estimate of drug-likeness (QED) is 0.798. The largest absolute Gasteiger partial charge is 0.392 e. The molecule has 0 atom stereocenters. The molecule has 1 aromatic carbocycles. The van der Waals surface area contributed by atoms with Gasteiger partial charge in [-0.05, 0) is 24.3 Å². The number of aliphatic hydroxyl groups is 1. The van der Waals surface area contributed by atoms with Crippen molar-refractivity contribution in [2.45, 2.75) is 13.2 Å². The van der Waals surface area contributed by atoms with E-state index in [2.05, 4.69) is 9.97 Å². The van der Waals surface area contributed by atoms with Crippen molar-refractivity contribution in [3.05, 3.63) is 66.0 Å². The van der Waals surface area contributed by atoms with Gasteiger partial charge in [0.05, 0.1) is 24.4 Å². The summed E-state index contributed by atoms with van der Waals surface area (Å²) < 4.78 is 0. The van der Waals surface area contributed by atoms with Crippen LogP contribution in [0.4, 0.5) is 5.82 Å². The van der Waals surface area contributed by atoms with Crippen molar-refractivity contribution >= 4 is 16.7 Å². The van der Waals surface area contributed by atoms with Crippen molar-refractivity contribution in [3.63, 3.8) is 0 Å². The molecule has 0 aliphatic rings. The molecule has 0 unspecified atom stereocenters. The van der Waals surface area contributed by atoms with Crippen LogP contribution < -0.4 is 4.90 Å². The lowest BCUT2D eigenvalue weighted by Gasteiger charge is -2.21. The first-order chi connectivity index (χ1) is 10.3. The molecule has 0 saturated carbocycles. The molecule has 21 heavy (non-hydrogen) atoms. The van der Waals surface area contributed by atoms with Gasteiger partial charge >= 0.3 is 0 Å². The molecular weight excluding hydrogens is 262 g/mol. The average Bonchev–Trinajstić information content (AvgIpc) is 2.54.